The Hall–Kier alpha value is -2.74. The van der Waals surface area contributed by atoms with E-state index in [-0.39, 0.29) is 11.9 Å². The molecule has 1 aromatic heterocycles. The molecule has 3 heterocycles. The highest BCUT2D eigenvalue weighted by atomic mass is 35.5. The van der Waals surface area contributed by atoms with E-state index < -0.39 is 6.10 Å². The van der Waals surface area contributed by atoms with Crippen LogP contribution < -0.4 is 9.47 Å². The number of methoxy groups -OCH3 is 2. The molecule has 1 aromatic carbocycles. The molecule has 31 heavy (non-hydrogen) atoms. The average Bonchev–Trinajstić information content (AvgIpc) is 3.36. The van der Waals surface area contributed by atoms with Crippen molar-refractivity contribution in [3.05, 3.63) is 40.7 Å². The lowest BCUT2D eigenvalue weighted by Crippen LogP contribution is -2.41. The maximum Gasteiger partial charge on any atom is 0.267 e. The monoisotopic (exact) mass is 446 g/mol. The van der Waals surface area contributed by atoms with E-state index in [4.69, 9.17) is 25.9 Å². The number of rotatable bonds is 5. The van der Waals surface area contributed by atoms with Crippen molar-refractivity contribution in [2.75, 3.05) is 20.8 Å². The number of hydrogen-bond acceptors (Lipinski definition) is 6. The van der Waals surface area contributed by atoms with Crippen molar-refractivity contribution in [1.29, 1.82) is 0 Å². The van der Waals surface area contributed by atoms with Crippen LogP contribution in [0.15, 0.2) is 29.7 Å². The normalized spacial score (nSPS) is 21.3. The highest BCUT2D eigenvalue weighted by Crippen LogP contribution is 2.36. The predicted molar refractivity (Wildman–Crippen MR) is 117 cm³/mol. The lowest BCUT2D eigenvalue weighted by Gasteiger charge is -2.30. The highest BCUT2D eigenvalue weighted by molar-refractivity contribution is 6.32. The zero-order chi connectivity index (χ0) is 22.0. The summed E-state index contributed by atoms with van der Waals surface area (Å²) >= 11 is 6.31. The summed E-state index contributed by atoms with van der Waals surface area (Å²) in [6.45, 7) is 0.700. The van der Waals surface area contributed by atoms with Gasteiger partial charge < -0.3 is 19.2 Å². The van der Waals surface area contributed by atoms with Gasteiger partial charge in [-0.05, 0) is 18.9 Å². The van der Waals surface area contributed by atoms with Gasteiger partial charge in [0.15, 0.2) is 0 Å². The molecule has 0 radical (unpaired) electrons. The van der Waals surface area contributed by atoms with Crippen molar-refractivity contribution in [2.45, 2.75) is 44.2 Å². The van der Waals surface area contributed by atoms with Crippen LogP contribution in [0.25, 0.3) is 0 Å². The highest BCUT2D eigenvalue weighted by Gasteiger charge is 2.37. The Kier molecular flexibility index (Phi) is 6.36. The number of aryl methyl sites for hydroxylation is 1. The number of ether oxygens (including phenoxy) is 2. The number of likely N-dealkylation sites (tertiary alicyclic amines) is 1. The molecule has 0 aliphatic carbocycles. The second-order valence-electron chi connectivity index (χ2n) is 7.87. The van der Waals surface area contributed by atoms with E-state index in [0.29, 0.717) is 40.8 Å². The van der Waals surface area contributed by atoms with E-state index in [0.717, 1.165) is 31.2 Å². The quantitative estimate of drug-likeness (QED) is 0.699. The number of aromatic nitrogens is 2. The van der Waals surface area contributed by atoms with Crippen LogP contribution >= 0.6 is 11.6 Å². The van der Waals surface area contributed by atoms with Crippen LogP contribution in [-0.4, -0.2) is 53.2 Å². The lowest BCUT2D eigenvalue weighted by atomic mass is 10.0. The molecule has 8 nitrogen and oxygen atoms in total. The average molecular weight is 447 g/mol. The van der Waals surface area contributed by atoms with Crippen LogP contribution in [0, 0.1) is 0 Å². The van der Waals surface area contributed by atoms with Crippen molar-refractivity contribution < 1.29 is 19.1 Å². The van der Waals surface area contributed by atoms with Gasteiger partial charge in [0, 0.05) is 43.4 Å². The fourth-order valence-corrected chi connectivity index (χ4v) is 4.51. The van der Waals surface area contributed by atoms with E-state index in [1.54, 1.807) is 31.0 Å². The summed E-state index contributed by atoms with van der Waals surface area (Å²) in [7, 11) is 5.01. The van der Waals surface area contributed by atoms with Crippen LogP contribution in [-0.2, 0) is 16.7 Å². The number of nitrogens with zero attached hydrogens (tertiary/aromatic N) is 4. The number of benzene rings is 1. The van der Waals surface area contributed by atoms with E-state index in [9.17, 15) is 4.79 Å². The summed E-state index contributed by atoms with van der Waals surface area (Å²) in [5, 5.41) is 8.95. The minimum atomic E-state index is -0.669. The standard InChI is InChI=1S/C22H27ClN4O4/c1-26-13-14(12-24-26)18-7-5-4-6-8-27(18)22(28)21-10-17(25-31-21)15-9-16(23)20(30-3)11-19(15)29-2/h9,11-13,18,21H,4-8,10H2,1-3H3. The smallest absolute Gasteiger partial charge is 0.267 e. The zero-order valence-electron chi connectivity index (χ0n) is 18.0. The third kappa shape index (κ3) is 4.35. The minimum Gasteiger partial charge on any atom is -0.496 e. The van der Waals surface area contributed by atoms with E-state index in [1.165, 1.54) is 0 Å². The van der Waals surface area contributed by atoms with Gasteiger partial charge in [0.25, 0.3) is 5.91 Å². The van der Waals surface area contributed by atoms with E-state index in [2.05, 4.69) is 10.3 Å². The topological polar surface area (TPSA) is 78.2 Å². The Labute approximate surface area is 186 Å². The molecule has 166 valence electrons. The van der Waals surface area contributed by atoms with Crippen molar-refractivity contribution >= 4 is 23.2 Å². The second-order valence-corrected chi connectivity index (χ2v) is 8.27. The number of carbonyl (C=O) groups is 1. The van der Waals surface area contributed by atoms with Gasteiger partial charge in [-0.3, -0.25) is 9.48 Å². The van der Waals surface area contributed by atoms with Gasteiger partial charge >= 0.3 is 0 Å². The van der Waals surface area contributed by atoms with Gasteiger partial charge in [-0.2, -0.15) is 5.10 Å². The summed E-state index contributed by atoms with van der Waals surface area (Å²) < 4.78 is 12.5. The molecule has 1 fully saturated rings. The summed E-state index contributed by atoms with van der Waals surface area (Å²) in [5.41, 5.74) is 2.39. The first kappa shape index (κ1) is 21.5. The summed E-state index contributed by atoms with van der Waals surface area (Å²) in [5.74, 6) is 1.03. The fraction of sp³-hybridized carbons (Fsp3) is 0.500. The first-order valence-corrected chi connectivity index (χ1v) is 10.8. The van der Waals surface area contributed by atoms with E-state index >= 15 is 0 Å². The van der Waals surface area contributed by atoms with Gasteiger partial charge in [0.05, 0.1) is 37.2 Å². The number of carbonyl (C=O) groups excluding carboxylic acids is 1. The van der Waals surface area contributed by atoms with Gasteiger partial charge in [-0.15, -0.1) is 0 Å². The molecule has 0 saturated carbocycles. The van der Waals surface area contributed by atoms with Crippen LogP contribution in [0.5, 0.6) is 11.5 Å². The van der Waals surface area contributed by atoms with Gasteiger partial charge in [-0.1, -0.05) is 29.6 Å². The molecule has 2 unspecified atom stereocenters. The Morgan fingerprint density at radius 3 is 2.71 bits per heavy atom. The molecule has 1 saturated heterocycles. The van der Waals surface area contributed by atoms with Gasteiger partial charge in [0.2, 0.25) is 6.10 Å². The molecule has 4 rings (SSSR count). The van der Waals surface area contributed by atoms with Crippen molar-refractivity contribution in [3.63, 3.8) is 0 Å². The van der Waals surface area contributed by atoms with Crippen molar-refractivity contribution in [1.82, 2.24) is 14.7 Å². The Morgan fingerprint density at radius 2 is 2.00 bits per heavy atom. The van der Waals surface area contributed by atoms with Crippen LogP contribution in [0.2, 0.25) is 5.02 Å². The third-order valence-electron chi connectivity index (χ3n) is 5.87. The number of oxime groups is 1. The van der Waals surface area contributed by atoms with E-state index in [1.807, 2.05) is 24.3 Å². The number of amides is 1. The molecule has 2 aliphatic rings. The fourth-order valence-electron chi connectivity index (χ4n) is 4.27. The molecule has 2 aliphatic heterocycles. The number of halogens is 1. The molecule has 0 bridgehead atoms. The van der Waals surface area contributed by atoms with Crippen LogP contribution in [0.3, 0.4) is 0 Å². The molecular weight excluding hydrogens is 420 g/mol. The van der Waals surface area contributed by atoms with Gasteiger partial charge in [0.1, 0.15) is 11.5 Å². The summed E-state index contributed by atoms with van der Waals surface area (Å²) in [6, 6.07) is 3.45. The number of hydrogen-bond donors (Lipinski definition) is 0. The molecule has 0 spiro atoms. The minimum absolute atomic E-state index is 0.00122. The second kappa shape index (κ2) is 9.18. The Morgan fingerprint density at radius 1 is 1.19 bits per heavy atom. The predicted octanol–water partition coefficient (Wildman–Crippen LogP) is 3.73. The van der Waals surface area contributed by atoms with Crippen molar-refractivity contribution in [2.24, 2.45) is 12.2 Å². The largest absolute Gasteiger partial charge is 0.496 e. The molecule has 1 amide bonds. The first-order chi connectivity index (χ1) is 15.0. The molecule has 9 heteroatoms. The van der Waals surface area contributed by atoms with Crippen LogP contribution in [0.4, 0.5) is 0 Å². The maximum atomic E-state index is 13.5. The molecule has 0 N–H and O–H groups in total. The molecule has 2 atom stereocenters. The lowest BCUT2D eigenvalue weighted by molar-refractivity contribution is -0.144. The van der Waals surface area contributed by atoms with Crippen molar-refractivity contribution in [3.8, 4) is 11.5 Å². The molecular formula is C22H27ClN4O4. The van der Waals surface area contributed by atoms with Gasteiger partial charge in [-0.25, -0.2) is 0 Å². The SMILES string of the molecule is COc1cc(OC)c(C2=NOC(C(=O)N3CCCCCC3c3cnn(C)c3)C2)cc1Cl. The Bertz CT molecular complexity index is 990. The third-order valence-corrected chi connectivity index (χ3v) is 6.17. The zero-order valence-corrected chi connectivity index (χ0v) is 18.8. The first-order valence-electron chi connectivity index (χ1n) is 10.5. The molecule has 2 aromatic rings. The summed E-state index contributed by atoms with van der Waals surface area (Å²) in [4.78, 5) is 21.0. The Balaban J connectivity index is 1.54. The maximum absolute atomic E-state index is 13.5. The summed E-state index contributed by atoms with van der Waals surface area (Å²) in [6.07, 6.45) is 7.60. The van der Waals surface area contributed by atoms with Crippen LogP contribution in [0.1, 0.15) is 49.3 Å².